The first-order valence-electron chi connectivity index (χ1n) is 5.92. The van der Waals surface area contributed by atoms with Crippen molar-refractivity contribution in [3.05, 3.63) is 34.3 Å². The Morgan fingerprint density at radius 3 is 2.38 bits per heavy atom. The number of hydrogen-bond donors (Lipinski definition) is 1. The molecule has 3 heteroatoms. The second-order valence-corrected chi connectivity index (χ2v) is 5.52. The van der Waals surface area contributed by atoms with E-state index in [-0.39, 0.29) is 0 Å². The molecule has 2 N–H and O–H groups in total. The molecule has 1 aromatic rings. The maximum atomic E-state index is 5.92. The number of benzene rings is 1. The summed E-state index contributed by atoms with van der Waals surface area (Å²) in [6, 6.07) is 9.53. The van der Waals surface area contributed by atoms with Gasteiger partial charge in [-0.05, 0) is 37.5 Å². The lowest BCUT2D eigenvalue weighted by Gasteiger charge is -2.35. The molecule has 2 nitrogen and oxygen atoms in total. The van der Waals surface area contributed by atoms with Crippen LogP contribution in [-0.2, 0) is 0 Å². The minimum atomic E-state index is 0.411. The number of halogens is 1. The van der Waals surface area contributed by atoms with Crippen LogP contribution in [0.2, 0.25) is 0 Å². The summed E-state index contributed by atoms with van der Waals surface area (Å²) in [5, 5.41) is 0. The van der Waals surface area contributed by atoms with E-state index in [4.69, 9.17) is 5.73 Å². The number of likely N-dealkylation sites (tertiary alicyclic amines) is 1. The molecule has 1 aliphatic rings. The van der Waals surface area contributed by atoms with Gasteiger partial charge in [-0.15, -0.1) is 0 Å². The molecule has 0 amide bonds. The molecule has 0 aliphatic carbocycles. The van der Waals surface area contributed by atoms with Crippen LogP contribution in [0.1, 0.15) is 31.4 Å². The van der Waals surface area contributed by atoms with Gasteiger partial charge in [-0.25, -0.2) is 0 Å². The number of nitrogens with two attached hydrogens (primary N) is 1. The number of nitrogens with zero attached hydrogens (tertiary/aromatic N) is 1. The minimum Gasteiger partial charge on any atom is -0.328 e. The van der Waals surface area contributed by atoms with Gasteiger partial charge in [0.2, 0.25) is 0 Å². The van der Waals surface area contributed by atoms with E-state index in [1.165, 1.54) is 5.56 Å². The van der Waals surface area contributed by atoms with Crippen LogP contribution in [0, 0.1) is 0 Å². The largest absolute Gasteiger partial charge is 0.328 e. The first kappa shape index (κ1) is 12.1. The van der Waals surface area contributed by atoms with E-state index < -0.39 is 0 Å². The number of piperidine rings is 1. The van der Waals surface area contributed by atoms with Crippen LogP contribution in [0.25, 0.3) is 0 Å². The van der Waals surface area contributed by atoms with E-state index in [9.17, 15) is 0 Å². The zero-order valence-electron chi connectivity index (χ0n) is 9.70. The van der Waals surface area contributed by atoms with E-state index in [0.717, 1.165) is 30.4 Å². The fourth-order valence-corrected chi connectivity index (χ4v) is 2.52. The Labute approximate surface area is 106 Å². The van der Waals surface area contributed by atoms with Crippen LogP contribution >= 0.6 is 15.9 Å². The molecule has 1 fully saturated rings. The van der Waals surface area contributed by atoms with Crippen LogP contribution in [0.4, 0.5) is 0 Å². The lowest BCUT2D eigenvalue weighted by molar-refractivity contribution is 0.163. The van der Waals surface area contributed by atoms with Crippen LogP contribution in [0.5, 0.6) is 0 Å². The SMILES string of the molecule is CC(c1ccc(Br)cc1)N1CCC(N)CC1. The summed E-state index contributed by atoms with van der Waals surface area (Å²) in [6.45, 7) is 4.52. The molecule has 1 aliphatic heterocycles. The summed E-state index contributed by atoms with van der Waals surface area (Å²) >= 11 is 3.47. The molecular weight excluding hydrogens is 264 g/mol. The van der Waals surface area contributed by atoms with E-state index in [0.29, 0.717) is 12.1 Å². The molecule has 0 radical (unpaired) electrons. The molecule has 1 aromatic carbocycles. The van der Waals surface area contributed by atoms with Crippen molar-refractivity contribution in [2.45, 2.75) is 31.8 Å². The van der Waals surface area contributed by atoms with E-state index >= 15 is 0 Å². The minimum absolute atomic E-state index is 0.411. The number of hydrogen-bond acceptors (Lipinski definition) is 2. The Morgan fingerprint density at radius 2 is 1.81 bits per heavy atom. The van der Waals surface area contributed by atoms with Crippen molar-refractivity contribution in [3.8, 4) is 0 Å². The van der Waals surface area contributed by atoms with Gasteiger partial charge < -0.3 is 5.73 Å². The normalized spacial score (nSPS) is 20.9. The van der Waals surface area contributed by atoms with Crippen molar-refractivity contribution in [2.75, 3.05) is 13.1 Å². The standard InChI is InChI=1S/C13H19BrN2/c1-10(11-2-4-12(14)5-3-11)16-8-6-13(15)7-9-16/h2-5,10,13H,6-9,15H2,1H3. The summed E-state index contributed by atoms with van der Waals surface area (Å²) in [5.41, 5.74) is 7.31. The van der Waals surface area contributed by atoms with Gasteiger partial charge in [0.05, 0.1) is 0 Å². The molecule has 2 rings (SSSR count). The van der Waals surface area contributed by atoms with Crippen molar-refractivity contribution in [1.29, 1.82) is 0 Å². The smallest absolute Gasteiger partial charge is 0.0319 e. The molecule has 88 valence electrons. The lowest BCUT2D eigenvalue weighted by atomic mass is 10.0. The highest BCUT2D eigenvalue weighted by molar-refractivity contribution is 9.10. The highest BCUT2D eigenvalue weighted by Crippen LogP contribution is 2.24. The Balaban J connectivity index is 2.01. The molecule has 1 saturated heterocycles. The summed E-state index contributed by atoms with van der Waals surface area (Å²) < 4.78 is 1.14. The van der Waals surface area contributed by atoms with Gasteiger partial charge in [-0.2, -0.15) is 0 Å². The van der Waals surface area contributed by atoms with Crippen molar-refractivity contribution < 1.29 is 0 Å². The van der Waals surface area contributed by atoms with Gasteiger partial charge in [-0.1, -0.05) is 28.1 Å². The zero-order chi connectivity index (χ0) is 11.5. The molecule has 0 aromatic heterocycles. The molecular formula is C13H19BrN2. The van der Waals surface area contributed by atoms with E-state index in [1.807, 2.05) is 0 Å². The summed E-state index contributed by atoms with van der Waals surface area (Å²) in [6.07, 6.45) is 2.25. The van der Waals surface area contributed by atoms with E-state index in [2.05, 4.69) is 52.0 Å². The predicted octanol–water partition coefficient (Wildman–Crippen LogP) is 2.93. The van der Waals surface area contributed by atoms with E-state index in [1.54, 1.807) is 0 Å². The van der Waals surface area contributed by atoms with Crippen LogP contribution < -0.4 is 5.73 Å². The average molecular weight is 283 g/mol. The molecule has 0 spiro atoms. The summed E-state index contributed by atoms with van der Waals surface area (Å²) in [4.78, 5) is 2.52. The lowest BCUT2D eigenvalue weighted by Crippen LogP contribution is -2.40. The second kappa shape index (κ2) is 5.30. The fraction of sp³-hybridized carbons (Fsp3) is 0.538. The van der Waals surface area contributed by atoms with Crippen molar-refractivity contribution >= 4 is 15.9 Å². The first-order valence-corrected chi connectivity index (χ1v) is 6.71. The van der Waals surface area contributed by atoms with Crippen molar-refractivity contribution in [1.82, 2.24) is 4.90 Å². The first-order chi connectivity index (χ1) is 7.66. The van der Waals surface area contributed by atoms with Crippen molar-refractivity contribution in [3.63, 3.8) is 0 Å². The number of rotatable bonds is 2. The molecule has 1 unspecified atom stereocenters. The van der Waals surface area contributed by atoms with Crippen molar-refractivity contribution in [2.24, 2.45) is 5.73 Å². The summed E-state index contributed by atoms with van der Waals surface area (Å²) in [5.74, 6) is 0. The Morgan fingerprint density at radius 1 is 1.25 bits per heavy atom. The Kier molecular flexibility index (Phi) is 4.00. The Hall–Kier alpha value is -0.380. The quantitative estimate of drug-likeness (QED) is 0.904. The third-order valence-electron chi connectivity index (χ3n) is 3.47. The van der Waals surface area contributed by atoms with Gasteiger partial charge >= 0.3 is 0 Å². The highest BCUT2D eigenvalue weighted by atomic mass is 79.9. The van der Waals surface area contributed by atoms with Gasteiger partial charge in [0.25, 0.3) is 0 Å². The molecule has 16 heavy (non-hydrogen) atoms. The third-order valence-corrected chi connectivity index (χ3v) is 4.00. The topological polar surface area (TPSA) is 29.3 Å². The average Bonchev–Trinajstić information content (AvgIpc) is 2.30. The maximum Gasteiger partial charge on any atom is 0.0319 e. The van der Waals surface area contributed by atoms with Gasteiger partial charge in [0.15, 0.2) is 0 Å². The van der Waals surface area contributed by atoms with Crippen LogP contribution in [0.3, 0.4) is 0 Å². The molecule has 0 saturated carbocycles. The monoisotopic (exact) mass is 282 g/mol. The Bertz CT molecular complexity index is 328. The molecule has 1 atom stereocenters. The molecule has 1 heterocycles. The second-order valence-electron chi connectivity index (χ2n) is 4.60. The third kappa shape index (κ3) is 2.84. The van der Waals surface area contributed by atoms with Crippen LogP contribution in [-0.4, -0.2) is 24.0 Å². The predicted molar refractivity (Wildman–Crippen MR) is 71.3 cm³/mol. The zero-order valence-corrected chi connectivity index (χ0v) is 11.3. The molecule has 0 bridgehead atoms. The van der Waals surface area contributed by atoms with Crippen LogP contribution in [0.15, 0.2) is 28.7 Å². The maximum absolute atomic E-state index is 5.92. The van der Waals surface area contributed by atoms with Gasteiger partial charge in [0.1, 0.15) is 0 Å². The fourth-order valence-electron chi connectivity index (χ4n) is 2.26. The van der Waals surface area contributed by atoms with Gasteiger partial charge in [0, 0.05) is 29.6 Å². The van der Waals surface area contributed by atoms with Gasteiger partial charge in [-0.3, -0.25) is 4.90 Å². The highest BCUT2D eigenvalue weighted by Gasteiger charge is 2.21. The summed E-state index contributed by atoms with van der Waals surface area (Å²) in [7, 11) is 0.